The Labute approximate surface area is 104 Å². The third-order valence-electron chi connectivity index (χ3n) is 2.27. The highest BCUT2D eigenvalue weighted by Gasteiger charge is 1.93. The molecule has 4 heteroatoms. The van der Waals surface area contributed by atoms with Crippen molar-refractivity contribution < 1.29 is 0 Å². The molecule has 2 aromatic carbocycles. The summed E-state index contributed by atoms with van der Waals surface area (Å²) >= 11 is 0. The molecule has 0 amide bonds. The van der Waals surface area contributed by atoms with Gasteiger partial charge in [-0.3, -0.25) is 0 Å². The van der Waals surface area contributed by atoms with Gasteiger partial charge in [0, 0.05) is 0 Å². The van der Waals surface area contributed by atoms with Crippen molar-refractivity contribution in [3.63, 3.8) is 0 Å². The Kier molecular flexibility index (Phi) is 3.44. The van der Waals surface area contributed by atoms with Crippen LogP contribution in [0.4, 0.5) is 11.4 Å². The van der Waals surface area contributed by atoms with Crippen LogP contribution in [0.1, 0.15) is 11.1 Å². The molecule has 0 bridgehead atoms. The molecule has 2 aromatic rings. The van der Waals surface area contributed by atoms with Crippen LogP contribution in [-0.2, 0) is 0 Å². The van der Waals surface area contributed by atoms with Crippen LogP contribution in [0.2, 0.25) is 0 Å². The molecule has 0 saturated carbocycles. The van der Waals surface area contributed by atoms with Crippen molar-refractivity contribution in [2.75, 3.05) is 0 Å². The molecule has 0 spiro atoms. The van der Waals surface area contributed by atoms with E-state index < -0.39 is 0 Å². The first kappa shape index (κ1) is 11.5. The number of azo groups is 1. The van der Waals surface area contributed by atoms with Gasteiger partial charge in [-0.2, -0.15) is 20.8 Å². The Bertz CT molecular complexity index is 581. The van der Waals surface area contributed by atoms with Gasteiger partial charge in [-0.15, -0.1) is 0 Å². The first-order valence-corrected chi connectivity index (χ1v) is 5.24. The molecule has 4 nitrogen and oxygen atoms in total. The van der Waals surface area contributed by atoms with E-state index in [2.05, 4.69) is 10.2 Å². The van der Waals surface area contributed by atoms with Crippen molar-refractivity contribution in [1.29, 1.82) is 10.5 Å². The van der Waals surface area contributed by atoms with E-state index in [1.807, 2.05) is 12.1 Å². The molecule has 0 unspecified atom stereocenters. The summed E-state index contributed by atoms with van der Waals surface area (Å²) in [4.78, 5) is 0. The number of benzene rings is 2. The second-order valence-electron chi connectivity index (χ2n) is 3.52. The van der Waals surface area contributed by atoms with Gasteiger partial charge in [0.05, 0.1) is 34.6 Å². The molecule has 0 aliphatic rings. The molecule has 0 aromatic heterocycles. The lowest BCUT2D eigenvalue weighted by Crippen LogP contribution is -1.71. The third-order valence-corrected chi connectivity index (χ3v) is 2.27. The Morgan fingerprint density at radius 1 is 0.611 bits per heavy atom. The number of rotatable bonds is 2. The topological polar surface area (TPSA) is 72.3 Å². The van der Waals surface area contributed by atoms with Crippen molar-refractivity contribution in [3.05, 3.63) is 59.7 Å². The van der Waals surface area contributed by atoms with Gasteiger partial charge in [0.25, 0.3) is 0 Å². The molecule has 0 saturated heterocycles. The van der Waals surface area contributed by atoms with E-state index in [9.17, 15) is 0 Å². The average Bonchev–Trinajstić information content (AvgIpc) is 2.46. The molecule has 0 radical (unpaired) electrons. The first-order chi connectivity index (χ1) is 8.81. The summed E-state index contributed by atoms with van der Waals surface area (Å²) in [5, 5.41) is 25.4. The summed E-state index contributed by atoms with van der Waals surface area (Å²) in [5.74, 6) is 0. The second-order valence-corrected chi connectivity index (χ2v) is 3.52. The van der Waals surface area contributed by atoms with Crippen LogP contribution in [0.15, 0.2) is 58.8 Å². The maximum atomic E-state index is 8.66. The summed E-state index contributed by atoms with van der Waals surface area (Å²) in [5.41, 5.74) is 2.54. The van der Waals surface area contributed by atoms with Crippen LogP contribution in [-0.4, -0.2) is 0 Å². The summed E-state index contributed by atoms with van der Waals surface area (Å²) < 4.78 is 0. The molecule has 2 rings (SSSR count). The molecule has 0 atom stereocenters. The maximum Gasteiger partial charge on any atom is 0.0991 e. The van der Waals surface area contributed by atoms with E-state index in [0.29, 0.717) is 22.5 Å². The van der Waals surface area contributed by atoms with Crippen molar-refractivity contribution >= 4 is 11.4 Å². The lowest BCUT2D eigenvalue weighted by Gasteiger charge is -1.94. The molecular weight excluding hydrogens is 224 g/mol. The summed E-state index contributed by atoms with van der Waals surface area (Å²) in [6.45, 7) is 0. The lowest BCUT2D eigenvalue weighted by molar-refractivity contribution is 1.23. The van der Waals surface area contributed by atoms with Gasteiger partial charge in [0.1, 0.15) is 0 Å². The number of nitriles is 2. The highest BCUT2D eigenvalue weighted by molar-refractivity contribution is 5.45. The molecule has 0 aliphatic heterocycles. The fraction of sp³-hybridized carbons (Fsp3) is 0. The zero-order valence-corrected chi connectivity index (χ0v) is 9.41. The minimum atomic E-state index is 0.590. The van der Waals surface area contributed by atoms with Crippen LogP contribution in [0.3, 0.4) is 0 Å². The van der Waals surface area contributed by atoms with Crippen molar-refractivity contribution in [2.45, 2.75) is 0 Å². The zero-order valence-electron chi connectivity index (χ0n) is 9.41. The SMILES string of the molecule is N#Cc1ccc(N=Nc2ccc(C#N)cc2)cc1. The van der Waals surface area contributed by atoms with E-state index in [1.165, 1.54) is 0 Å². The lowest BCUT2D eigenvalue weighted by atomic mass is 10.2. The van der Waals surface area contributed by atoms with Crippen molar-refractivity contribution in [1.82, 2.24) is 0 Å². The Hall–Kier alpha value is -2.98. The zero-order chi connectivity index (χ0) is 12.8. The van der Waals surface area contributed by atoms with E-state index in [1.54, 1.807) is 48.5 Å². The number of hydrogen-bond acceptors (Lipinski definition) is 4. The minimum absolute atomic E-state index is 0.590. The second kappa shape index (κ2) is 5.38. The molecule has 0 fully saturated rings. The molecule has 0 N–H and O–H groups in total. The van der Waals surface area contributed by atoms with Gasteiger partial charge in [0.2, 0.25) is 0 Å². The fourth-order valence-electron chi connectivity index (χ4n) is 1.32. The third kappa shape index (κ3) is 2.78. The maximum absolute atomic E-state index is 8.66. The van der Waals surface area contributed by atoms with Gasteiger partial charge in [-0.1, -0.05) is 0 Å². The predicted octanol–water partition coefficient (Wildman–Crippen LogP) is 3.85. The summed E-state index contributed by atoms with van der Waals surface area (Å²) in [6.07, 6.45) is 0. The fourth-order valence-corrected chi connectivity index (χ4v) is 1.32. The summed E-state index contributed by atoms with van der Waals surface area (Å²) in [6, 6.07) is 17.7. The van der Waals surface area contributed by atoms with Gasteiger partial charge >= 0.3 is 0 Å². The van der Waals surface area contributed by atoms with Crippen LogP contribution in [0, 0.1) is 22.7 Å². The van der Waals surface area contributed by atoms with Gasteiger partial charge in [-0.25, -0.2) is 0 Å². The Balaban J connectivity index is 2.14. The molecule has 18 heavy (non-hydrogen) atoms. The number of hydrogen-bond donors (Lipinski definition) is 0. The highest BCUT2D eigenvalue weighted by Crippen LogP contribution is 2.18. The molecule has 84 valence electrons. The molecular formula is C14H8N4. The molecule has 0 aliphatic carbocycles. The van der Waals surface area contributed by atoms with E-state index in [-0.39, 0.29) is 0 Å². The predicted molar refractivity (Wildman–Crippen MR) is 66.5 cm³/mol. The standard InChI is InChI=1S/C14H8N4/c15-9-11-1-5-13(6-2-11)17-18-14-7-3-12(10-16)4-8-14/h1-8H. The van der Waals surface area contributed by atoms with Crippen LogP contribution < -0.4 is 0 Å². The van der Waals surface area contributed by atoms with Crippen LogP contribution in [0.25, 0.3) is 0 Å². The first-order valence-electron chi connectivity index (χ1n) is 5.24. The Morgan fingerprint density at radius 3 is 1.22 bits per heavy atom. The minimum Gasteiger partial charge on any atom is -0.192 e. The highest BCUT2D eigenvalue weighted by atomic mass is 15.1. The quantitative estimate of drug-likeness (QED) is 0.737. The largest absolute Gasteiger partial charge is 0.192 e. The van der Waals surface area contributed by atoms with Crippen molar-refractivity contribution in [3.8, 4) is 12.1 Å². The Morgan fingerprint density at radius 2 is 0.944 bits per heavy atom. The smallest absolute Gasteiger partial charge is 0.0991 e. The van der Waals surface area contributed by atoms with E-state index in [0.717, 1.165) is 0 Å². The van der Waals surface area contributed by atoms with E-state index >= 15 is 0 Å². The van der Waals surface area contributed by atoms with Crippen LogP contribution >= 0.6 is 0 Å². The van der Waals surface area contributed by atoms with Crippen molar-refractivity contribution in [2.24, 2.45) is 10.2 Å². The van der Waals surface area contributed by atoms with Gasteiger partial charge in [-0.05, 0) is 48.5 Å². The molecule has 0 heterocycles. The van der Waals surface area contributed by atoms with E-state index in [4.69, 9.17) is 10.5 Å². The summed E-state index contributed by atoms with van der Waals surface area (Å²) in [7, 11) is 0. The van der Waals surface area contributed by atoms with Gasteiger partial charge in [0.15, 0.2) is 0 Å². The monoisotopic (exact) mass is 232 g/mol. The normalized spacial score (nSPS) is 9.89. The average molecular weight is 232 g/mol. The number of nitrogens with zero attached hydrogens (tertiary/aromatic N) is 4. The van der Waals surface area contributed by atoms with Crippen LogP contribution in [0.5, 0.6) is 0 Å². The van der Waals surface area contributed by atoms with Gasteiger partial charge < -0.3 is 0 Å².